The number of carbonyl (C=O) groups excluding carboxylic acids is 2. The zero-order valence-electron chi connectivity index (χ0n) is 12.1. The Kier molecular flexibility index (Phi) is 3.08. The van der Waals surface area contributed by atoms with Crippen molar-refractivity contribution in [2.75, 3.05) is 31.2 Å². The van der Waals surface area contributed by atoms with Crippen molar-refractivity contribution in [2.24, 2.45) is 0 Å². The molecular formula is C17H16N2O3. The van der Waals surface area contributed by atoms with Crippen LogP contribution in [0.3, 0.4) is 0 Å². The molecule has 2 heterocycles. The van der Waals surface area contributed by atoms with Crippen LogP contribution >= 0.6 is 0 Å². The highest BCUT2D eigenvalue weighted by Gasteiger charge is 2.27. The SMILES string of the molecule is O=C1Cc2cc(N3CCOCC3)c3ccccc3c2C(=O)N1. The molecule has 0 radical (unpaired) electrons. The minimum Gasteiger partial charge on any atom is -0.378 e. The predicted molar refractivity (Wildman–Crippen MR) is 83.2 cm³/mol. The molecule has 0 aliphatic carbocycles. The zero-order chi connectivity index (χ0) is 15.1. The summed E-state index contributed by atoms with van der Waals surface area (Å²) in [6.45, 7) is 3.04. The molecule has 2 amide bonds. The monoisotopic (exact) mass is 296 g/mol. The molecule has 1 fully saturated rings. The van der Waals surface area contributed by atoms with Crippen molar-refractivity contribution in [3.63, 3.8) is 0 Å². The zero-order valence-corrected chi connectivity index (χ0v) is 12.1. The van der Waals surface area contributed by atoms with E-state index in [1.54, 1.807) is 0 Å². The summed E-state index contributed by atoms with van der Waals surface area (Å²) < 4.78 is 5.42. The summed E-state index contributed by atoms with van der Waals surface area (Å²) in [4.78, 5) is 26.2. The van der Waals surface area contributed by atoms with Crippen LogP contribution < -0.4 is 10.2 Å². The minimum absolute atomic E-state index is 0.235. The van der Waals surface area contributed by atoms with Crippen molar-refractivity contribution >= 4 is 28.3 Å². The van der Waals surface area contributed by atoms with Crippen LogP contribution in [0.4, 0.5) is 5.69 Å². The fourth-order valence-electron chi connectivity index (χ4n) is 3.29. The number of rotatable bonds is 1. The van der Waals surface area contributed by atoms with Gasteiger partial charge < -0.3 is 9.64 Å². The van der Waals surface area contributed by atoms with Crippen molar-refractivity contribution in [3.8, 4) is 0 Å². The number of ether oxygens (including phenoxy) is 1. The smallest absolute Gasteiger partial charge is 0.258 e. The summed E-state index contributed by atoms with van der Waals surface area (Å²) in [5.41, 5.74) is 2.53. The van der Waals surface area contributed by atoms with Crippen LogP contribution in [0.25, 0.3) is 10.8 Å². The number of nitrogens with zero attached hydrogens (tertiary/aromatic N) is 1. The molecule has 5 nitrogen and oxygen atoms in total. The molecule has 112 valence electrons. The van der Waals surface area contributed by atoms with Crippen LogP contribution in [0.5, 0.6) is 0 Å². The fraction of sp³-hybridized carbons (Fsp3) is 0.294. The van der Waals surface area contributed by atoms with Gasteiger partial charge >= 0.3 is 0 Å². The second-order valence-corrected chi connectivity index (χ2v) is 5.63. The van der Waals surface area contributed by atoms with Crippen molar-refractivity contribution in [1.82, 2.24) is 5.32 Å². The molecule has 2 aromatic rings. The van der Waals surface area contributed by atoms with Crippen LogP contribution in [0.15, 0.2) is 30.3 Å². The molecule has 1 N–H and O–H groups in total. The third-order valence-corrected chi connectivity index (χ3v) is 4.29. The van der Waals surface area contributed by atoms with Gasteiger partial charge in [0.2, 0.25) is 5.91 Å². The Morgan fingerprint density at radius 1 is 1.05 bits per heavy atom. The van der Waals surface area contributed by atoms with Crippen LogP contribution in [0.2, 0.25) is 0 Å². The van der Waals surface area contributed by atoms with Gasteiger partial charge in [0, 0.05) is 24.2 Å². The van der Waals surface area contributed by atoms with Crippen molar-refractivity contribution in [3.05, 3.63) is 41.5 Å². The summed E-state index contributed by atoms with van der Waals surface area (Å²) in [5.74, 6) is -0.531. The summed E-state index contributed by atoms with van der Waals surface area (Å²) >= 11 is 0. The molecule has 0 aromatic heterocycles. The molecule has 2 aromatic carbocycles. The third-order valence-electron chi connectivity index (χ3n) is 4.29. The standard InChI is InChI=1S/C17H16N2O3/c20-15-10-11-9-14(19-5-7-22-8-6-19)12-3-1-2-4-13(12)16(11)17(21)18-15/h1-4,9H,5-8,10H2,(H,18,20,21). The van der Waals surface area contributed by atoms with Gasteiger partial charge in [0.1, 0.15) is 0 Å². The number of hydrogen-bond acceptors (Lipinski definition) is 4. The minimum atomic E-state index is -0.295. The fourth-order valence-corrected chi connectivity index (χ4v) is 3.29. The van der Waals surface area contributed by atoms with Gasteiger partial charge in [-0.05, 0) is 17.0 Å². The summed E-state index contributed by atoms with van der Waals surface area (Å²) in [5, 5.41) is 4.37. The Morgan fingerprint density at radius 2 is 1.77 bits per heavy atom. The molecule has 1 saturated heterocycles. The maximum Gasteiger partial charge on any atom is 0.258 e. The molecule has 0 unspecified atom stereocenters. The Morgan fingerprint density at radius 3 is 2.55 bits per heavy atom. The van der Waals surface area contributed by atoms with Gasteiger partial charge in [0.25, 0.3) is 5.91 Å². The quantitative estimate of drug-likeness (QED) is 0.810. The van der Waals surface area contributed by atoms with Gasteiger partial charge in [-0.2, -0.15) is 0 Å². The lowest BCUT2D eigenvalue weighted by atomic mass is 9.92. The van der Waals surface area contributed by atoms with Crippen LogP contribution in [-0.4, -0.2) is 38.1 Å². The molecule has 2 aliphatic rings. The van der Waals surface area contributed by atoms with Crippen molar-refractivity contribution < 1.29 is 14.3 Å². The van der Waals surface area contributed by atoms with Crippen molar-refractivity contribution in [1.29, 1.82) is 0 Å². The average Bonchev–Trinajstić information content (AvgIpc) is 2.54. The van der Waals surface area contributed by atoms with Gasteiger partial charge in [0.15, 0.2) is 0 Å². The van der Waals surface area contributed by atoms with E-state index in [4.69, 9.17) is 4.74 Å². The number of benzene rings is 2. The van der Waals surface area contributed by atoms with Gasteiger partial charge in [-0.25, -0.2) is 0 Å². The lowest BCUT2D eigenvalue weighted by Crippen LogP contribution is -2.39. The van der Waals surface area contributed by atoms with E-state index in [9.17, 15) is 9.59 Å². The highest BCUT2D eigenvalue weighted by molar-refractivity contribution is 6.18. The summed E-state index contributed by atoms with van der Waals surface area (Å²) in [6, 6.07) is 9.89. The van der Waals surface area contributed by atoms with E-state index in [-0.39, 0.29) is 18.2 Å². The molecule has 0 spiro atoms. The van der Waals surface area contributed by atoms with Gasteiger partial charge in [-0.3, -0.25) is 14.9 Å². The topological polar surface area (TPSA) is 58.6 Å². The van der Waals surface area contributed by atoms with Crippen LogP contribution in [0, 0.1) is 0 Å². The van der Waals surface area contributed by atoms with Gasteiger partial charge in [-0.15, -0.1) is 0 Å². The second-order valence-electron chi connectivity index (χ2n) is 5.63. The first-order valence-corrected chi connectivity index (χ1v) is 7.45. The number of anilines is 1. The third kappa shape index (κ3) is 2.05. The van der Waals surface area contributed by atoms with E-state index in [2.05, 4.69) is 10.2 Å². The summed E-state index contributed by atoms with van der Waals surface area (Å²) in [6.07, 6.45) is 0.253. The molecule has 4 rings (SSSR count). The maximum absolute atomic E-state index is 12.2. The average molecular weight is 296 g/mol. The largest absolute Gasteiger partial charge is 0.378 e. The Balaban J connectivity index is 1.96. The lowest BCUT2D eigenvalue weighted by Gasteiger charge is -2.31. The van der Waals surface area contributed by atoms with E-state index in [1.165, 1.54) is 0 Å². The first-order chi connectivity index (χ1) is 10.7. The second kappa shape index (κ2) is 5.10. The molecule has 5 heteroatoms. The van der Waals surface area contributed by atoms with Crippen molar-refractivity contribution in [2.45, 2.75) is 6.42 Å². The number of imide groups is 1. The molecule has 0 saturated carbocycles. The highest BCUT2D eigenvalue weighted by atomic mass is 16.5. The van der Waals surface area contributed by atoms with Gasteiger partial charge in [-0.1, -0.05) is 24.3 Å². The highest BCUT2D eigenvalue weighted by Crippen LogP contribution is 2.34. The number of morpholine rings is 1. The number of hydrogen-bond donors (Lipinski definition) is 1. The van der Waals surface area contributed by atoms with Crippen LogP contribution in [-0.2, 0) is 16.0 Å². The Hall–Kier alpha value is -2.40. The van der Waals surface area contributed by atoms with E-state index in [0.29, 0.717) is 18.8 Å². The summed E-state index contributed by atoms with van der Waals surface area (Å²) in [7, 11) is 0. The molecule has 2 aliphatic heterocycles. The van der Waals surface area contributed by atoms with E-state index >= 15 is 0 Å². The normalized spacial score (nSPS) is 18.3. The number of carbonyl (C=O) groups is 2. The van der Waals surface area contributed by atoms with E-state index in [1.807, 2.05) is 30.3 Å². The van der Waals surface area contributed by atoms with E-state index < -0.39 is 0 Å². The molecule has 22 heavy (non-hydrogen) atoms. The first kappa shape index (κ1) is 13.3. The molecular weight excluding hydrogens is 280 g/mol. The molecule has 0 atom stereocenters. The Labute approximate surface area is 127 Å². The van der Waals surface area contributed by atoms with E-state index in [0.717, 1.165) is 35.1 Å². The molecule has 0 bridgehead atoms. The maximum atomic E-state index is 12.2. The first-order valence-electron chi connectivity index (χ1n) is 7.45. The van der Waals surface area contributed by atoms with Crippen LogP contribution in [0.1, 0.15) is 15.9 Å². The van der Waals surface area contributed by atoms with Gasteiger partial charge in [0.05, 0.1) is 25.2 Å². The number of fused-ring (bicyclic) bond motifs is 3. The Bertz CT molecular complexity index is 779. The number of nitrogens with one attached hydrogen (secondary N) is 1. The lowest BCUT2D eigenvalue weighted by molar-refractivity contribution is -0.119. The number of amides is 2. The predicted octanol–water partition coefficient (Wildman–Crippen LogP) is 1.49.